The number of rotatable bonds is 6. The highest BCUT2D eigenvalue weighted by Crippen LogP contribution is 2.27. The first kappa shape index (κ1) is 13.7. The van der Waals surface area contributed by atoms with E-state index in [1.165, 1.54) is 0 Å². The van der Waals surface area contributed by atoms with Crippen LogP contribution >= 0.6 is 23.2 Å². The predicted molar refractivity (Wildman–Crippen MR) is 65.9 cm³/mol. The van der Waals surface area contributed by atoms with Crippen LogP contribution in [-0.4, -0.2) is 24.9 Å². The van der Waals surface area contributed by atoms with E-state index in [0.717, 1.165) is 5.56 Å². The lowest BCUT2D eigenvalue weighted by Gasteiger charge is -2.17. The fraction of sp³-hybridized carbons (Fsp3) is 0.455. The average molecular weight is 264 g/mol. The van der Waals surface area contributed by atoms with Crippen molar-refractivity contribution >= 4 is 23.2 Å². The zero-order chi connectivity index (χ0) is 12.0. The van der Waals surface area contributed by atoms with Gasteiger partial charge in [0.05, 0.1) is 6.10 Å². The van der Waals surface area contributed by atoms with E-state index in [-0.39, 0.29) is 12.7 Å². The first-order valence-corrected chi connectivity index (χ1v) is 5.82. The van der Waals surface area contributed by atoms with Crippen LogP contribution in [-0.2, 0) is 4.74 Å². The molecule has 1 rings (SSSR count). The molecule has 0 spiro atoms. The zero-order valence-electron chi connectivity index (χ0n) is 8.83. The predicted octanol–water partition coefficient (Wildman–Crippen LogP) is 2.39. The van der Waals surface area contributed by atoms with E-state index in [4.69, 9.17) is 38.8 Å². The van der Waals surface area contributed by atoms with Crippen molar-refractivity contribution in [1.82, 2.24) is 0 Å². The molecule has 0 aliphatic rings. The normalized spacial score (nSPS) is 12.8. The number of halogens is 2. The number of hydrogen-bond acceptors (Lipinski definition) is 3. The summed E-state index contributed by atoms with van der Waals surface area (Å²) in [4.78, 5) is 0. The Morgan fingerprint density at radius 3 is 2.69 bits per heavy atom. The van der Waals surface area contributed by atoms with Crippen molar-refractivity contribution in [3.8, 4) is 0 Å². The van der Waals surface area contributed by atoms with Gasteiger partial charge in [-0.1, -0.05) is 29.3 Å². The Balaban J connectivity index is 2.70. The van der Waals surface area contributed by atoms with Gasteiger partial charge in [0.25, 0.3) is 0 Å². The van der Waals surface area contributed by atoms with Crippen molar-refractivity contribution in [2.24, 2.45) is 5.73 Å². The summed E-state index contributed by atoms with van der Waals surface area (Å²) >= 11 is 11.8. The van der Waals surface area contributed by atoms with Crippen molar-refractivity contribution in [3.63, 3.8) is 0 Å². The van der Waals surface area contributed by atoms with E-state index in [1.54, 1.807) is 18.2 Å². The van der Waals surface area contributed by atoms with E-state index >= 15 is 0 Å². The van der Waals surface area contributed by atoms with Gasteiger partial charge in [0, 0.05) is 35.4 Å². The molecule has 1 aromatic rings. The topological polar surface area (TPSA) is 55.5 Å². The van der Waals surface area contributed by atoms with Crippen LogP contribution in [0.4, 0.5) is 0 Å². The highest BCUT2D eigenvalue weighted by molar-refractivity contribution is 6.35. The molecule has 1 unspecified atom stereocenters. The third-order valence-electron chi connectivity index (χ3n) is 2.14. The Morgan fingerprint density at radius 2 is 2.12 bits per heavy atom. The Hall–Kier alpha value is -0.320. The summed E-state index contributed by atoms with van der Waals surface area (Å²) in [6, 6.07) is 5.22. The molecule has 0 radical (unpaired) electrons. The molecule has 0 bridgehead atoms. The van der Waals surface area contributed by atoms with Gasteiger partial charge < -0.3 is 15.6 Å². The zero-order valence-corrected chi connectivity index (χ0v) is 10.3. The molecule has 0 amide bonds. The van der Waals surface area contributed by atoms with Crippen LogP contribution in [0.3, 0.4) is 0 Å². The Bertz CT molecular complexity index is 334. The Kier molecular flexibility index (Phi) is 6.09. The molecule has 1 atom stereocenters. The maximum Gasteiger partial charge on any atom is 0.0961 e. The molecule has 0 saturated carbocycles. The second-order valence-electron chi connectivity index (χ2n) is 3.34. The van der Waals surface area contributed by atoms with E-state index in [1.807, 2.05) is 0 Å². The largest absolute Gasteiger partial charge is 0.396 e. The van der Waals surface area contributed by atoms with Crippen molar-refractivity contribution < 1.29 is 9.84 Å². The molecule has 0 saturated heterocycles. The summed E-state index contributed by atoms with van der Waals surface area (Å²) in [6.07, 6.45) is 0.332. The minimum absolute atomic E-state index is 0.103. The second-order valence-corrected chi connectivity index (χ2v) is 4.18. The van der Waals surface area contributed by atoms with Crippen LogP contribution in [0.25, 0.3) is 0 Å². The van der Waals surface area contributed by atoms with E-state index < -0.39 is 0 Å². The van der Waals surface area contributed by atoms with Gasteiger partial charge in [-0.25, -0.2) is 0 Å². The molecule has 3 N–H and O–H groups in total. The number of benzene rings is 1. The highest BCUT2D eigenvalue weighted by Gasteiger charge is 2.13. The third kappa shape index (κ3) is 3.92. The molecule has 3 nitrogen and oxygen atoms in total. The van der Waals surface area contributed by atoms with Gasteiger partial charge in [-0.15, -0.1) is 0 Å². The molecule has 0 aliphatic carbocycles. The van der Waals surface area contributed by atoms with Crippen molar-refractivity contribution in [2.75, 3.05) is 19.8 Å². The van der Waals surface area contributed by atoms with Crippen molar-refractivity contribution in [1.29, 1.82) is 0 Å². The molecule has 0 heterocycles. The van der Waals surface area contributed by atoms with Gasteiger partial charge in [0.1, 0.15) is 0 Å². The number of hydrogen-bond donors (Lipinski definition) is 2. The molecule has 0 aliphatic heterocycles. The molecule has 5 heteroatoms. The summed E-state index contributed by atoms with van der Waals surface area (Å²) in [5, 5.41) is 9.79. The first-order chi connectivity index (χ1) is 7.69. The Morgan fingerprint density at radius 1 is 1.38 bits per heavy atom. The molecule has 1 aromatic carbocycles. The van der Waals surface area contributed by atoms with Crippen LogP contribution in [0.1, 0.15) is 18.1 Å². The molecule has 0 fully saturated rings. The first-order valence-electron chi connectivity index (χ1n) is 5.06. The SMILES string of the molecule is NCC(OCCCO)c1ccc(Cl)cc1Cl. The molecular formula is C11H15Cl2NO2. The smallest absolute Gasteiger partial charge is 0.0961 e. The van der Waals surface area contributed by atoms with Crippen LogP contribution < -0.4 is 5.73 Å². The minimum atomic E-state index is -0.253. The monoisotopic (exact) mass is 263 g/mol. The lowest BCUT2D eigenvalue weighted by molar-refractivity contribution is 0.0489. The van der Waals surface area contributed by atoms with Gasteiger partial charge in [-0.3, -0.25) is 0 Å². The lowest BCUT2D eigenvalue weighted by Crippen LogP contribution is -2.17. The van der Waals surface area contributed by atoms with E-state index in [2.05, 4.69) is 0 Å². The number of aliphatic hydroxyl groups excluding tert-OH is 1. The summed E-state index contributed by atoms with van der Waals surface area (Å²) < 4.78 is 5.53. The summed E-state index contributed by atoms with van der Waals surface area (Å²) in [5.41, 5.74) is 6.44. The maximum absolute atomic E-state index is 8.66. The minimum Gasteiger partial charge on any atom is -0.396 e. The standard InChI is InChI=1S/C11H15Cl2NO2/c12-8-2-3-9(10(13)6-8)11(7-14)16-5-1-4-15/h2-3,6,11,15H,1,4-5,7,14H2. The molecule has 90 valence electrons. The van der Waals surface area contributed by atoms with Gasteiger partial charge in [-0.05, 0) is 18.6 Å². The van der Waals surface area contributed by atoms with Gasteiger partial charge >= 0.3 is 0 Å². The van der Waals surface area contributed by atoms with Crippen LogP contribution in [0.15, 0.2) is 18.2 Å². The summed E-state index contributed by atoms with van der Waals surface area (Å²) in [5.74, 6) is 0. The Labute approximate surface area is 105 Å². The fourth-order valence-corrected chi connectivity index (χ4v) is 1.87. The third-order valence-corrected chi connectivity index (χ3v) is 2.71. The highest BCUT2D eigenvalue weighted by atomic mass is 35.5. The van der Waals surface area contributed by atoms with Crippen LogP contribution in [0.2, 0.25) is 10.0 Å². The fourth-order valence-electron chi connectivity index (χ4n) is 1.34. The van der Waals surface area contributed by atoms with Gasteiger partial charge in [0.2, 0.25) is 0 Å². The van der Waals surface area contributed by atoms with Gasteiger partial charge in [0.15, 0.2) is 0 Å². The quantitative estimate of drug-likeness (QED) is 0.776. The van der Waals surface area contributed by atoms with E-state index in [9.17, 15) is 0 Å². The summed E-state index contributed by atoms with van der Waals surface area (Å²) in [6.45, 7) is 0.899. The molecule has 0 aromatic heterocycles. The summed E-state index contributed by atoms with van der Waals surface area (Å²) in [7, 11) is 0. The average Bonchev–Trinajstić information content (AvgIpc) is 2.26. The lowest BCUT2D eigenvalue weighted by atomic mass is 10.1. The van der Waals surface area contributed by atoms with Gasteiger partial charge in [-0.2, -0.15) is 0 Å². The van der Waals surface area contributed by atoms with E-state index in [0.29, 0.717) is 29.6 Å². The second kappa shape index (κ2) is 7.09. The molecule has 16 heavy (non-hydrogen) atoms. The number of nitrogens with two attached hydrogens (primary N) is 1. The molecular weight excluding hydrogens is 249 g/mol. The maximum atomic E-state index is 8.66. The number of aliphatic hydroxyl groups is 1. The van der Waals surface area contributed by atoms with Crippen LogP contribution in [0.5, 0.6) is 0 Å². The van der Waals surface area contributed by atoms with Crippen molar-refractivity contribution in [2.45, 2.75) is 12.5 Å². The van der Waals surface area contributed by atoms with Crippen molar-refractivity contribution in [3.05, 3.63) is 33.8 Å². The number of ether oxygens (including phenoxy) is 1. The van der Waals surface area contributed by atoms with Crippen LogP contribution in [0, 0.1) is 0 Å².